The van der Waals surface area contributed by atoms with Gasteiger partial charge < -0.3 is 19.4 Å². The molecule has 5 rings (SSSR count). The van der Waals surface area contributed by atoms with E-state index in [2.05, 4.69) is 23.7 Å². The summed E-state index contributed by atoms with van der Waals surface area (Å²) in [7, 11) is 1.34. The lowest BCUT2D eigenvalue weighted by molar-refractivity contribution is 0.0507. The van der Waals surface area contributed by atoms with Gasteiger partial charge >= 0.3 is 5.97 Å². The number of methoxy groups -OCH3 is 1. The zero-order valence-corrected chi connectivity index (χ0v) is 23.4. The van der Waals surface area contributed by atoms with E-state index in [1.54, 1.807) is 30.5 Å². The van der Waals surface area contributed by atoms with Gasteiger partial charge in [0.2, 0.25) is 0 Å². The fourth-order valence-corrected chi connectivity index (χ4v) is 5.56. The first-order chi connectivity index (χ1) is 18.4. The molecular weight excluding hydrogens is 521 g/mol. The molecule has 4 heterocycles. The van der Waals surface area contributed by atoms with Crippen molar-refractivity contribution in [3.8, 4) is 0 Å². The van der Waals surface area contributed by atoms with E-state index < -0.39 is 17.3 Å². The summed E-state index contributed by atoms with van der Waals surface area (Å²) >= 11 is 5.89. The zero-order chi connectivity index (χ0) is 28.1. The number of anilines is 3. The Hall–Kier alpha value is -3.72. The molecular formula is C29H31ClFN5O3. The molecule has 1 amide bonds. The van der Waals surface area contributed by atoms with Gasteiger partial charge in [-0.15, -0.1) is 0 Å². The van der Waals surface area contributed by atoms with Gasteiger partial charge in [-0.1, -0.05) is 25.4 Å². The number of amides is 1. The molecule has 1 aromatic carbocycles. The number of ether oxygens (including phenoxy) is 1. The molecule has 2 aromatic heterocycles. The summed E-state index contributed by atoms with van der Waals surface area (Å²) < 4.78 is 19.0. The molecule has 0 atom stereocenters. The van der Waals surface area contributed by atoms with Gasteiger partial charge in [0.05, 0.1) is 46.5 Å². The maximum atomic E-state index is 14.2. The van der Waals surface area contributed by atoms with E-state index in [4.69, 9.17) is 21.3 Å². The van der Waals surface area contributed by atoms with Crippen molar-refractivity contribution < 1.29 is 18.7 Å². The zero-order valence-electron chi connectivity index (χ0n) is 22.7. The van der Waals surface area contributed by atoms with Crippen molar-refractivity contribution in [1.29, 1.82) is 0 Å². The topological polar surface area (TPSA) is 78.9 Å². The second-order valence-corrected chi connectivity index (χ2v) is 11.7. The number of hydrogen-bond donors (Lipinski definition) is 0. The van der Waals surface area contributed by atoms with Crippen LogP contribution in [0.15, 0.2) is 48.8 Å². The van der Waals surface area contributed by atoms with E-state index in [0.717, 1.165) is 17.1 Å². The smallest absolute Gasteiger partial charge is 0.339 e. The fourth-order valence-electron chi connectivity index (χ4n) is 5.45. The molecule has 0 spiro atoms. The van der Waals surface area contributed by atoms with Gasteiger partial charge in [0.15, 0.2) is 0 Å². The molecule has 0 radical (unpaired) electrons. The summed E-state index contributed by atoms with van der Waals surface area (Å²) in [5, 5.41) is 0.0756. The van der Waals surface area contributed by atoms with Crippen LogP contribution < -0.4 is 9.80 Å². The van der Waals surface area contributed by atoms with Gasteiger partial charge in [0, 0.05) is 43.5 Å². The molecule has 0 aliphatic carbocycles. The maximum Gasteiger partial charge on any atom is 0.339 e. The van der Waals surface area contributed by atoms with Crippen LogP contribution in [-0.4, -0.2) is 65.6 Å². The summed E-state index contributed by atoms with van der Waals surface area (Å²) in [6.45, 7) is 10.4. The predicted octanol–water partition coefficient (Wildman–Crippen LogP) is 5.23. The number of carbonyl (C=O) groups excluding carboxylic acids is 2. The van der Waals surface area contributed by atoms with Crippen molar-refractivity contribution in [3.05, 3.63) is 76.6 Å². The highest BCUT2D eigenvalue weighted by Crippen LogP contribution is 2.44. The maximum absolute atomic E-state index is 14.2. The van der Waals surface area contributed by atoms with E-state index in [1.165, 1.54) is 19.4 Å². The lowest BCUT2D eigenvalue weighted by Gasteiger charge is -2.47. The fraction of sp³-hybridized carbons (Fsp3) is 0.379. The Labute approximate surface area is 232 Å². The van der Waals surface area contributed by atoms with Gasteiger partial charge in [-0.25, -0.2) is 14.2 Å². The highest BCUT2D eigenvalue weighted by atomic mass is 35.5. The minimum atomic E-state index is -0.514. The van der Waals surface area contributed by atoms with Crippen LogP contribution in [0.1, 0.15) is 54.2 Å². The number of benzene rings is 1. The molecule has 204 valence electrons. The number of esters is 1. The molecule has 8 nitrogen and oxygen atoms in total. The number of hydrogen-bond acceptors (Lipinski definition) is 7. The second-order valence-electron chi connectivity index (χ2n) is 11.2. The molecule has 1 saturated heterocycles. The lowest BCUT2D eigenvalue weighted by atomic mass is 9.91. The third-order valence-electron chi connectivity index (χ3n) is 7.45. The van der Waals surface area contributed by atoms with Gasteiger partial charge in [-0.2, -0.15) is 0 Å². The quantitative estimate of drug-likeness (QED) is 0.411. The second kappa shape index (κ2) is 9.79. The normalized spacial score (nSPS) is 17.7. The Morgan fingerprint density at radius 1 is 1.00 bits per heavy atom. The number of fused-ring (bicyclic) bond motifs is 1. The average molecular weight is 552 g/mol. The van der Waals surface area contributed by atoms with Crippen LogP contribution in [0.3, 0.4) is 0 Å². The Bertz CT molecular complexity index is 1460. The summed E-state index contributed by atoms with van der Waals surface area (Å²) in [6, 6.07) is 10.2. The van der Waals surface area contributed by atoms with E-state index in [9.17, 15) is 14.0 Å². The van der Waals surface area contributed by atoms with Crippen molar-refractivity contribution in [3.63, 3.8) is 0 Å². The van der Waals surface area contributed by atoms with Crippen LogP contribution in [0.5, 0.6) is 0 Å². The van der Waals surface area contributed by atoms with E-state index in [0.29, 0.717) is 43.1 Å². The number of piperazine rings is 1. The van der Waals surface area contributed by atoms with E-state index >= 15 is 0 Å². The monoisotopic (exact) mass is 551 g/mol. The number of halogens is 2. The van der Waals surface area contributed by atoms with Crippen molar-refractivity contribution in [2.45, 2.75) is 38.6 Å². The Morgan fingerprint density at radius 3 is 2.46 bits per heavy atom. The Balaban J connectivity index is 1.38. The standard InChI is InChI=1S/C29H31ClFN5O3/c1-28(2)16-35(19-6-7-21(30)22(31)13-19)24-9-8-23(33-25(24)28)26(37)36-11-10-34(17-29(36,3)4)20-12-18(14-32-15-20)27(38)39-5/h6-9,12-15H,10-11,16-17H2,1-5H3. The van der Waals surface area contributed by atoms with Crippen LogP contribution in [0, 0.1) is 5.82 Å². The van der Waals surface area contributed by atoms with Gasteiger partial charge in [0.1, 0.15) is 11.5 Å². The van der Waals surface area contributed by atoms with E-state index in [1.807, 2.05) is 29.7 Å². The molecule has 0 unspecified atom stereocenters. The summed E-state index contributed by atoms with van der Waals surface area (Å²) in [4.78, 5) is 40.8. The molecule has 0 N–H and O–H groups in total. The Morgan fingerprint density at radius 2 is 1.77 bits per heavy atom. The first-order valence-corrected chi connectivity index (χ1v) is 13.1. The SMILES string of the molecule is COC(=O)c1cncc(N2CCN(C(=O)c3ccc4c(n3)C(C)(C)CN4c3ccc(Cl)c(F)c3)C(C)(C)C2)c1. The number of nitrogens with zero attached hydrogens (tertiary/aromatic N) is 5. The van der Waals surface area contributed by atoms with E-state index in [-0.39, 0.29) is 16.3 Å². The summed E-state index contributed by atoms with van der Waals surface area (Å²) in [5.74, 6) is -1.06. The molecule has 10 heteroatoms. The largest absolute Gasteiger partial charge is 0.465 e. The highest BCUT2D eigenvalue weighted by Gasteiger charge is 2.41. The van der Waals surface area contributed by atoms with Crippen molar-refractivity contribution in [2.24, 2.45) is 0 Å². The third kappa shape index (κ3) is 4.91. The number of rotatable bonds is 4. The molecule has 39 heavy (non-hydrogen) atoms. The summed E-state index contributed by atoms with van der Waals surface area (Å²) in [6.07, 6.45) is 3.19. The summed E-state index contributed by atoms with van der Waals surface area (Å²) in [5.41, 5.74) is 3.02. The lowest BCUT2D eigenvalue weighted by Crippen LogP contribution is -2.61. The highest BCUT2D eigenvalue weighted by molar-refractivity contribution is 6.30. The van der Waals surface area contributed by atoms with Crippen LogP contribution in [0.4, 0.5) is 21.5 Å². The van der Waals surface area contributed by atoms with Crippen LogP contribution in [0.25, 0.3) is 0 Å². The van der Waals surface area contributed by atoms with Crippen LogP contribution in [0.2, 0.25) is 5.02 Å². The molecule has 0 bridgehead atoms. The molecule has 1 fully saturated rings. The first-order valence-electron chi connectivity index (χ1n) is 12.8. The molecule has 3 aromatic rings. The number of carbonyl (C=O) groups is 2. The predicted molar refractivity (Wildman–Crippen MR) is 149 cm³/mol. The Kier molecular flexibility index (Phi) is 6.74. The molecule has 2 aliphatic heterocycles. The van der Waals surface area contributed by atoms with Crippen LogP contribution in [-0.2, 0) is 10.2 Å². The van der Waals surface area contributed by atoms with Crippen molar-refractivity contribution in [2.75, 3.05) is 43.1 Å². The van der Waals surface area contributed by atoms with Crippen LogP contribution >= 0.6 is 11.6 Å². The van der Waals surface area contributed by atoms with Gasteiger partial charge in [-0.05, 0) is 50.2 Å². The minimum Gasteiger partial charge on any atom is -0.465 e. The average Bonchev–Trinajstić information content (AvgIpc) is 3.18. The molecule has 2 aliphatic rings. The van der Waals surface area contributed by atoms with Crippen molar-refractivity contribution >= 4 is 40.5 Å². The van der Waals surface area contributed by atoms with Gasteiger partial charge in [-0.3, -0.25) is 9.78 Å². The number of pyridine rings is 2. The van der Waals surface area contributed by atoms with Crippen molar-refractivity contribution in [1.82, 2.24) is 14.9 Å². The molecule has 0 saturated carbocycles. The third-order valence-corrected chi connectivity index (χ3v) is 7.76. The number of aromatic nitrogens is 2. The van der Waals surface area contributed by atoms with Gasteiger partial charge in [0.25, 0.3) is 5.91 Å². The minimum absolute atomic E-state index is 0.0756. The first kappa shape index (κ1) is 26.9.